The maximum atomic E-state index is 13.1. The number of hydrogen-bond acceptors (Lipinski definition) is 4. The van der Waals surface area contributed by atoms with Crippen molar-refractivity contribution in [3.8, 4) is 0 Å². The molecule has 0 N–H and O–H groups in total. The number of benzene rings is 2. The number of fused-ring (bicyclic) bond motifs is 1. The van der Waals surface area contributed by atoms with Crippen LogP contribution in [0.15, 0.2) is 71.3 Å². The Kier molecular flexibility index (Phi) is 5.03. The fourth-order valence-corrected chi connectivity index (χ4v) is 4.11. The van der Waals surface area contributed by atoms with Gasteiger partial charge < -0.3 is 4.42 Å². The number of aromatic nitrogens is 1. The molecule has 0 bridgehead atoms. The molecule has 0 spiro atoms. The number of rotatable bonds is 6. The zero-order chi connectivity index (χ0) is 18.6. The highest BCUT2D eigenvalue weighted by Gasteiger charge is 2.22. The molecular formula is C22H20N2O2S. The Morgan fingerprint density at radius 1 is 1.07 bits per heavy atom. The van der Waals surface area contributed by atoms with Crippen molar-refractivity contribution in [3.05, 3.63) is 83.8 Å². The number of aryl methyl sites for hydroxylation is 1. The lowest BCUT2D eigenvalue weighted by molar-refractivity contribution is -0.118. The van der Waals surface area contributed by atoms with Crippen LogP contribution in [0.3, 0.4) is 0 Å². The summed E-state index contributed by atoms with van der Waals surface area (Å²) in [5.74, 6) is 0.751. The fourth-order valence-electron chi connectivity index (χ4n) is 3.08. The molecule has 136 valence electrons. The Hall–Kier alpha value is -2.92. The van der Waals surface area contributed by atoms with Crippen molar-refractivity contribution in [3.63, 3.8) is 0 Å². The standard InChI is InChI=1S/C22H20N2O2S/c1-2-17-10-6-12-19-21(17)23-22(27-19)24(15-18-11-7-13-26-18)20(25)14-16-8-4-3-5-9-16/h3-13H,2,14-15H2,1H3. The van der Waals surface area contributed by atoms with E-state index in [1.807, 2.05) is 48.5 Å². The minimum absolute atomic E-state index is 0.00899. The van der Waals surface area contributed by atoms with Gasteiger partial charge in [0.05, 0.1) is 29.4 Å². The quantitative estimate of drug-likeness (QED) is 0.463. The van der Waals surface area contributed by atoms with E-state index in [0.717, 1.165) is 28.0 Å². The van der Waals surface area contributed by atoms with Crippen LogP contribution in [0.4, 0.5) is 5.13 Å². The monoisotopic (exact) mass is 376 g/mol. The number of carbonyl (C=O) groups is 1. The van der Waals surface area contributed by atoms with Gasteiger partial charge in [-0.1, -0.05) is 60.7 Å². The van der Waals surface area contributed by atoms with Crippen LogP contribution >= 0.6 is 11.3 Å². The van der Waals surface area contributed by atoms with Gasteiger partial charge in [-0.25, -0.2) is 4.98 Å². The molecule has 0 saturated carbocycles. The summed E-state index contributed by atoms with van der Waals surface area (Å²) in [6.07, 6.45) is 2.87. The van der Waals surface area contributed by atoms with Crippen LogP contribution in [0.2, 0.25) is 0 Å². The average Bonchev–Trinajstić information content (AvgIpc) is 3.35. The van der Waals surface area contributed by atoms with Crippen molar-refractivity contribution < 1.29 is 9.21 Å². The SMILES string of the molecule is CCc1cccc2sc(N(Cc3ccco3)C(=O)Cc3ccccc3)nc12. The number of amides is 1. The number of nitrogens with zero attached hydrogens (tertiary/aromatic N) is 2. The zero-order valence-corrected chi connectivity index (χ0v) is 15.9. The summed E-state index contributed by atoms with van der Waals surface area (Å²) in [7, 11) is 0. The average molecular weight is 376 g/mol. The van der Waals surface area contributed by atoms with E-state index in [1.165, 1.54) is 5.56 Å². The fraction of sp³-hybridized carbons (Fsp3) is 0.182. The molecule has 0 fully saturated rings. The molecular weight excluding hydrogens is 356 g/mol. The Morgan fingerprint density at radius 2 is 1.93 bits per heavy atom. The van der Waals surface area contributed by atoms with Crippen molar-refractivity contribution in [2.75, 3.05) is 4.90 Å². The molecule has 1 amide bonds. The lowest BCUT2D eigenvalue weighted by Gasteiger charge is -2.18. The summed E-state index contributed by atoms with van der Waals surface area (Å²) in [5, 5.41) is 0.711. The Balaban J connectivity index is 1.70. The molecule has 0 saturated heterocycles. The van der Waals surface area contributed by atoms with Crippen molar-refractivity contribution in [2.24, 2.45) is 0 Å². The highest BCUT2D eigenvalue weighted by Crippen LogP contribution is 2.32. The van der Waals surface area contributed by atoms with E-state index >= 15 is 0 Å². The summed E-state index contributed by atoms with van der Waals surface area (Å²) < 4.78 is 6.59. The van der Waals surface area contributed by atoms with Gasteiger partial charge in [0.1, 0.15) is 5.76 Å². The first kappa shape index (κ1) is 17.5. The number of thiazole rings is 1. The molecule has 0 atom stereocenters. The third-order valence-electron chi connectivity index (χ3n) is 4.50. The van der Waals surface area contributed by atoms with E-state index in [4.69, 9.17) is 9.40 Å². The maximum absolute atomic E-state index is 13.1. The lowest BCUT2D eigenvalue weighted by atomic mass is 10.1. The normalized spacial score (nSPS) is 11.0. The number of anilines is 1. The first-order valence-electron chi connectivity index (χ1n) is 8.99. The smallest absolute Gasteiger partial charge is 0.233 e. The highest BCUT2D eigenvalue weighted by atomic mass is 32.1. The van der Waals surface area contributed by atoms with Crippen LogP contribution < -0.4 is 4.90 Å². The van der Waals surface area contributed by atoms with Gasteiger partial charge in [0.2, 0.25) is 5.91 Å². The second-order valence-corrected chi connectivity index (χ2v) is 7.34. The second-order valence-electron chi connectivity index (χ2n) is 6.34. The molecule has 0 aliphatic carbocycles. The number of furan rings is 1. The van der Waals surface area contributed by atoms with E-state index in [2.05, 4.69) is 19.1 Å². The predicted molar refractivity (Wildman–Crippen MR) is 109 cm³/mol. The van der Waals surface area contributed by atoms with Crippen molar-refractivity contribution in [1.82, 2.24) is 4.98 Å². The number of hydrogen-bond donors (Lipinski definition) is 0. The van der Waals surface area contributed by atoms with E-state index in [1.54, 1.807) is 22.5 Å². The van der Waals surface area contributed by atoms with Crippen molar-refractivity contribution >= 4 is 32.6 Å². The van der Waals surface area contributed by atoms with Gasteiger partial charge in [0.25, 0.3) is 0 Å². The molecule has 5 heteroatoms. The molecule has 4 aromatic rings. The van der Waals surface area contributed by atoms with Gasteiger partial charge in [-0.05, 0) is 35.7 Å². The molecule has 2 aromatic heterocycles. The predicted octanol–water partition coefficient (Wildman–Crippen LogP) is 5.23. The van der Waals surface area contributed by atoms with Gasteiger partial charge in [-0.3, -0.25) is 9.69 Å². The lowest BCUT2D eigenvalue weighted by Crippen LogP contribution is -2.31. The number of carbonyl (C=O) groups excluding carboxylic acids is 1. The first-order valence-corrected chi connectivity index (χ1v) is 9.81. The van der Waals surface area contributed by atoms with Gasteiger partial charge in [0, 0.05) is 0 Å². The Morgan fingerprint density at radius 3 is 2.67 bits per heavy atom. The molecule has 2 aromatic carbocycles. The van der Waals surface area contributed by atoms with Crippen LogP contribution in [-0.2, 0) is 24.2 Å². The molecule has 2 heterocycles. The second kappa shape index (κ2) is 7.76. The third-order valence-corrected chi connectivity index (χ3v) is 5.54. The minimum Gasteiger partial charge on any atom is -0.467 e. The van der Waals surface area contributed by atoms with Crippen LogP contribution in [0, 0.1) is 0 Å². The highest BCUT2D eigenvalue weighted by molar-refractivity contribution is 7.22. The molecule has 4 rings (SSSR count). The van der Waals surface area contributed by atoms with Gasteiger partial charge >= 0.3 is 0 Å². The molecule has 0 radical (unpaired) electrons. The van der Waals surface area contributed by atoms with Crippen LogP contribution in [0.5, 0.6) is 0 Å². The Bertz CT molecular complexity index is 1040. The topological polar surface area (TPSA) is 46.3 Å². The minimum atomic E-state index is 0.00899. The van der Waals surface area contributed by atoms with Crippen LogP contribution in [0.1, 0.15) is 23.8 Å². The Labute approximate surface area is 162 Å². The van der Waals surface area contributed by atoms with Crippen LogP contribution in [-0.4, -0.2) is 10.9 Å². The van der Waals surface area contributed by atoms with E-state index in [-0.39, 0.29) is 5.91 Å². The first-order chi connectivity index (χ1) is 13.2. The van der Waals surface area contributed by atoms with Crippen molar-refractivity contribution in [2.45, 2.75) is 26.3 Å². The summed E-state index contributed by atoms with van der Waals surface area (Å²) in [4.78, 5) is 19.7. The summed E-state index contributed by atoms with van der Waals surface area (Å²) in [6.45, 7) is 2.49. The number of para-hydroxylation sites is 1. The van der Waals surface area contributed by atoms with Crippen LogP contribution in [0.25, 0.3) is 10.2 Å². The molecule has 27 heavy (non-hydrogen) atoms. The van der Waals surface area contributed by atoms with Crippen molar-refractivity contribution in [1.29, 1.82) is 0 Å². The van der Waals surface area contributed by atoms with E-state index < -0.39 is 0 Å². The summed E-state index contributed by atoms with van der Waals surface area (Å²) in [5.41, 5.74) is 3.17. The van der Waals surface area contributed by atoms with Gasteiger partial charge in [0.15, 0.2) is 5.13 Å². The van der Waals surface area contributed by atoms with E-state index in [9.17, 15) is 4.79 Å². The molecule has 0 aliphatic heterocycles. The molecule has 0 aliphatic rings. The maximum Gasteiger partial charge on any atom is 0.233 e. The summed E-state index contributed by atoms with van der Waals surface area (Å²) >= 11 is 1.55. The molecule has 4 nitrogen and oxygen atoms in total. The van der Waals surface area contributed by atoms with Gasteiger partial charge in [-0.2, -0.15) is 0 Å². The largest absolute Gasteiger partial charge is 0.467 e. The molecule has 0 unspecified atom stereocenters. The third kappa shape index (κ3) is 3.78. The van der Waals surface area contributed by atoms with E-state index in [0.29, 0.717) is 18.1 Å². The van der Waals surface area contributed by atoms with Gasteiger partial charge in [-0.15, -0.1) is 0 Å². The summed E-state index contributed by atoms with van der Waals surface area (Å²) in [6, 6.07) is 19.7. The zero-order valence-electron chi connectivity index (χ0n) is 15.1.